The van der Waals surface area contributed by atoms with Gasteiger partial charge in [0.15, 0.2) is 0 Å². The van der Waals surface area contributed by atoms with E-state index in [2.05, 4.69) is 24.1 Å². The van der Waals surface area contributed by atoms with Crippen LogP contribution in [-0.2, 0) is 4.79 Å². The summed E-state index contributed by atoms with van der Waals surface area (Å²) in [6, 6.07) is 17.0. The number of carbonyl (C=O) groups is 2. The van der Waals surface area contributed by atoms with E-state index in [1.165, 1.54) is 0 Å². The third-order valence-electron chi connectivity index (χ3n) is 5.26. The van der Waals surface area contributed by atoms with Gasteiger partial charge in [-0.2, -0.15) is 0 Å². The van der Waals surface area contributed by atoms with Crippen molar-refractivity contribution in [2.45, 2.75) is 19.9 Å². The SMILES string of the molecule is CC(C)C(NC(=O)CN1CCN(C(=O)c2ccc(Cl)cc2)CC1)c1ccccc1. The van der Waals surface area contributed by atoms with Crippen LogP contribution in [0.4, 0.5) is 0 Å². The third-order valence-corrected chi connectivity index (χ3v) is 5.51. The van der Waals surface area contributed by atoms with E-state index in [1.54, 1.807) is 24.3 Å². The maximum atomic E-state index is 12.6. The summed E-state index contributed by atoms with van der Waals surface area (Å²) in [6.45, 7) is 7.16. The molecule has 2 aromatic rings. The van der Waals surface area contributed by atoms with Crippen molar-refractivity contribution in [1.82, 2.24) is 15.1 Å². The first-order chi connectivity index (χ1) is 13.9. The Hall–Kier alpha value is -2.37. The number of amides is 2. The largest absolute Gasteiger partial charge is 0.348 e. The molecule has 1 atom stereocenters. The van der Waals surface area contributed by atoms with Gasteiger partial charge >= 0.3 is 0 Å². The summed E-state index contributed by atoms with van der Waals surface area (Å²) in [4.78, 5) is 29.2. The fourth-order valence-corrected chi connectivity index (χ4v) is 3.73. The number of nitrogens with one attached hydrogen (secondary N) is 1. The highest BCUT2D eigenvalue weighted by Gasteiger charge is 2.25. The van der Waals surface area contributed by atoms with E-state index in [4.69, 9.17) is 11.6 Å². The van der Waals surface area contributed by atoms with E-state index in [-0.39, 0.29) is 17.9 Å². The Labute approximate surface area is 177 Å². The fourth-order valence-electron chi connectivity index (χ4n) is 3.60. The van der Waals surface area contributed by atoms with Gasteiger partial charge in [0.25, 0.3) is 5.91 Å². The lowest BCUT2D eigenvalue weighted by atomic mass is 9.96. The number of nitrogens with zero attached hydrogens (tertiary/aromatic N) is 2. The van der Waals surface area contributed by atoms with E-state index < -0.39 is 0 Å². The zero-order valence-corrected chi connectivity index (χ0v) is 17.7. The maximum Gasteiger partial charge on any atom is 0.253 e. The number of halogens is 1. The van der Waals surface area contributed by atoms with Crippen LogP contribution in [0.25, 0.3) is 0 Å². The minimum Gasteiger partial charge on any atom is -0.348 e. The lowest BCUT2D eigenvalue weighted by Crippen LogP contribution is -2.51. The molecule has 0 aromatic heterocycles. The highest BCUT2D eigenvalue weighted by Crippen LogP contribution is 2.21. The van der Waals surface area contributed by atoms with Crippen molar-refractivity contribution in [3.05, 3.63) is 70.7 Å². The number of carbonyl (C=O) groups excluding carboxylic acids is 2. The smallest absolute Gasteiger partial charge is 0.253 e. The molecule has 6 heteroatoms. The molecule has 2 amide bonds. The molecule has 0 radical (unpaired) electrons. The van der Waals surface area contributed by atoms with Gasteiger partial charge in [0.2, 0.25) is 5.91 Å². The van der Waals surface area contributed by atoms with Crippen LogP contribution in [0.3, 0.4) is 0 Å². The molecule has 154 valence electrons. The first kappa shape index (κ1) is 21.3. The van der Waals surface area contributed by atoms with Crippen LogP contribution in [0.5, 0.6) is 0 Å². The van der Waals surface area contributed by atoms with Crippen LogP contribution < -0.4 is 5.32 Å². The molecule has 3 rings (SSSR count). The van der Waals surface area contributed by atoms with Gasteiger partial charge in [0.05, 0.1) is 12.6 Å². The highest BCUT2D eigenvalue weighted by molar-refractivity contribution is 6.30. The standard InChI is InChI=1S/C23H28ClN3O2/c1-17(2)22(18-6-4-3-5-7-18)25-21(28)16-26-12-14-27(15-13-26)23(29)19-8-10-20(24)11-9-19/h3-11,17,22H,12-16H2,1-2H3,(H,25,28). The summed E-state index contributed by atoms with van der Waals surface area (Å²) in [6.07, 6.45) is 0. The van der Waals surface area contributed by atoms with Gasteiger partial charge in [-0.15, -0.1) is 0 Å². The summed E-state index contributed by atoms with van der Waals surface area (Å²) in [7, 11) is 0. The van der Waals surface area contributed by atoms with Crippen LogP contribution in [-0.4, -0.2) is 54.3 Å². The van der Waals surface area contributed by atoms with E-state index in [0.717, 1.165) is 5.56 Å². The van der Waals surface area contributed by atoms with Gasteiger partial charge in [0.1, 0.15) is 0 Å². The van der Waals surface area contributed by atoms with Crippen LogP contribution >= 0.6 is 11.6 Å². The number of hydrogen-bond donors (Lipinski definition) is 1. The van der Waals surface area contributed by atoms with Gasteiger partial charge in [0, 0.05) is 36.8 Å². The molecule has 1 aliphatic heterocycles. The molecule has 2 aromatic carbocycles. The quantitative estimate of drug-likeness (QED) is 0.787. The average Bonchev–Trinajstić information content (AvgIpc) is 2.73. The number of piperazine rings is 1. The normalized spacial score (nSPS) is 15.9. The highest BCUT2D eigenvalue weighted by atomic mass is 35.5. The van der Waals surface area contributed by atoms with Gasteiger partial charge < -0.3 is 10.2 Å². The van der Waals surface area contributed by atoms with Crippen LogP contribution in [0, 0.1) is 5.92 Å². The zero-order chi connectivity index (χ0) is 20.8. The summed E-state index contributed by atoms with van der Waals surface area (Å²) in [5.41, 5.74) is 1.76. The molecule has 1 aliphatic rings. The monoisotopic (exact) mass is 413 g/mol. The van der Waals surface area contributed by atoms with Gasteiger partial charge in [-0.1, -0.05) is 55.8 Å². The third kappa shape index (κ3) is 5.81. The van der Waals surface area contributed by atoms with E-state index in [1.807, 2.05) is 35.2 Å². The molecule has 0 spiro atoms. The van der Waals surface area contributed by atoms with Gasteiger partial charge in [-0.05, 0) is 35.7 Å². The van der Waals surface area contributed by atoms with Crippen molar-refractivity contribution in [3.8, 4) is 0 Å². The first-order valence-electron chi connectivity index (χ1n) is 10.1. The molecule has 29 heavy (non-hydrogen) atoms. The molecule has 1 fully saturated rings. The molecule has 1 saturated heterocycles. The second-order valence-electron chi connectivity index (χ2n) is 7.78. The average molecular weight is 414 g/mol. The minimum absolute atomic E-state index is 0.00327. The molecule has 5 nitrogen and oxygen atoms in total. The summed E-state index contributed by atoms with van der Waals surface area (Å²) in [5.74, 6) is 0.329. The minimum atomic E-state index is -0.00327. The second-order valence-corrected chi connectivity index (χ2v) is 8.21. The molecule has 0 bridgehead atoms. The summed E-state index contributed by atoms with van der Waals surface area (Å²) < 4.78 is 0. The van der Waals surface area contributed by atoms with Crippen molar-refractivity contribution >= 4 is 23.4 Å². The van der Waals surface area contributed by atoms with Gasteiger partial charge in [-0.25, -0.2) is 0 Å². The molecular weight excluding hydrogens is 386 g/mol. The molecule has 1 N–H and O–H groups in total. The second kappa shape index (κ2) is 9.90. The maximum absolute atomic E-state index is 12.6. The molecular formula is C23H28ClN3O2. The Morgan fingerprint density at radius 2 is 1.59 bits per heavy atom. The first-order valence-corrected chi connectivity index (χ1v) is 10.4. The van der Waals surface area contributed by atoms with Crippen LogP contribution in [0.2, 0.25) is 5.02 Å². The predicted molar refractivity (Wildman–Crippen MR) is 116 cm³/mol. The van der Waals surface area contributed by atoms with Crippen LogP contribution in [0.1, 0.15) is 35.8 Å². The van der Waals surface area contributed by atoms with Crippen LogP contribution in [0.15, 0.2) is 54.6 Å². The van der Waals surface area contributed by atoms with Crippen molar-refractivity contribution < 1.29 is 9.59 Å². The molecule has 1 unspecified atom stereocenters. The van der Waals surface area contributed by atoms with Crippen molar-refractivity contribution in [3.63, 3.8) is 0 Å². The Morgan fingerprint density at radius 3 is 2.17 bits per heavy atom. The van der Waals surface area contributed by atoms with E-state index >= 15 is 0 Å². The van der Waals surface area contributed by atoms with E-state index in [9.17, 15) is 9.59 Å². The summed E-state index contributed by atoms with van der Waals surface area (Å²) >= 11 is 5.89. The Bertz CT molecular complexity index is 816. The predicted octanol–water partition coefficient (Wildman–Crippen LogP) is 3.61. The van der Waals surface area contributed by atoms with Crippen molar-refractivity contribution in [2.24, 2.45) is 5.92 Å². The van der Waals surface area contributed by atoms with Gasteiger partial charge in [-0.3, -0.25) is 14.5 Å². The summed E-state index contributed by atoms with van der Waals surface area (Å²) in [5, 5.41) is 3.79. The van der Waals surface area contributed by atoms with Crippen molar-refractivity contribution in [2.75, 3.05) is 32.7 Å². The van der Waals surface area contributed by atoms with E-state index in [0.29, 0.717) is 49.2 Å². The Morgan fingerprint density at radius 1 is 0.966 bits per heavy atom. The van der Waals surface area contributed by atoms with Crippen molar-refractivity contribution in [1.29, 1.82) is 0 Å². The lowest BCUT2D eigenvalue weighted by molar-refractivity contribution is -0.123. The fraction of sp³-hybridized carbons (Fsp3) is 0.391. The molecule has 0 saturated carbocycles. The Balaban J connectivity index is 1.50. The lowest BCUT2D eigenvalue weighted by Gasteiger charge is -2.35. The number of rotatable bonds is 6. The number of benzene rings is 2. The molecule has 1 heterocycles. The zero-order valence-electron chi connectivity index (χ0n) is 17.0. The Kier molecular flexibility index (Phi) is 7.29. The number of hydrogen-bond acceptors (Lipinski definition) is 3. The topological polar surface area (TPSA) is 52.7 Å². The molecule has 0 aliphatic carbocycles.